The summed E-state index contributed by atoms with van der Waals surface area (Å²) in [5.41, 5.74) is 8.90. The quantitative estimate of drug-likeness (QED) is 0.751. The van der Waals surface area contributed by atoms with Crippen molar-refractivity contribution < 1.29 is 4.79 Å². The van der Waals surface area contributed by atoms with E-state index in [1.807, 2.05) is 61.5 Å². The van der Waals surface area contributed by atoms with Gasteiger partial charge in [0, 0.05) is 0 Å². The summed E-state index contributed by atoms with van der Waals surface area (Å²) in [6.45, 7) is 1.89. The summed E-state index contributed by atoms with van der Waals surface area (Å²) in [5, 5.41) is 0.252. The van der Waals surface area contributed by atoms with Crippen LogP contribution in [-0.2, 0) is 4.79 Å². The molecule has 0 bridgehead atoms. The molecule has 1 heterocycles. The highest BCUT2D eigenvalue weighted by atomic mass is 32.2. The van der Waals surface area contributed by atoms with Gasteiger partial charge in [-0.1, -0.05) is 54.2 Å². The second-order valence-electron chi connectivity index (χ2n) is 4.91. The Morgan fingerprint density at radius 3 is 2.23 bits per heavy atom. The first kappa shape index (κ1) is 14.5. The Bertz CT molecular complexity index is 821. The van der Waals surface area contributed by atoms with E-state index in [-0.39, 0.29) is 5.91 Å². The number of benzene rings is 2. The van der Waals surface area contributed by atoms with Gasteiger partial charge < -0.3 is 5.73 Å². The fourth-order valence-corrected chi connectivity index (χ4v) is 3.21. The summed E-state index contributed by atoms with van der Waals surface area (Å²) < 4.78 is 0. The first-order valence-corrected chi connectivity index (χ1v) is 7.77. The fourth-order valence-electron chi connectivity index (χ4n) is 2.21. The number of nitrogens with zero attached hydrogens (tertiary/aromatic N) is 2. The summed E-state index contributed by atoms with van der Waals surface area (Å²) in [4.78, 5) is 21.0. The second kappa shape index (κ2) is 6.15. The SMILES string of the molecule is Cc1nc2ccccc2nc1S[C@@H](C(N)=O)c1ccccc1. The molecule has 22 heavy (non-hydrogen) atoms. The van der Waals surface area contributed by atoms with Gasteiger partial charge in [0.1, 0.15) is 10.3 Å². The highest BCUT2D eigenvalue weighted by Crippen LogP contribution is 2.35. The van der Waals surface area contributed by atoms with Crippen LogP contribution in [-0.4, -0.2) is 15.9 Å². The van der Waals surface area contributed by atoms with Crippen molar-refractivity contribution in [3.8, 4) is 0 Å². The van der Waals surface area contributed by atoms with Crippen LogP contribution in [0.25, 0.3) is 11.0 Å². The maximum absolute atomic E-state index is 11.8. The fraction of sp³-hybridized carbons (Fsp3) is 0.118. The number of carbonyl (C=O) groups excluding carboxylic acids is 1. The maximum atomic E-state index is 11.8. The molecule has 0 saturated carbocycles. The highest BCUT2D eigenvalue weighted by Gasteiger charge is 2.21. The molecular weight excluding hydrogens is 294 g/mol. The van der Waals surface area contributed by atoms with Crippen LogP contribution >= 0.6 is 11.8 Å². The Morgan fingerprint density at radius 1 is 1.00 bits per heavy atom. The number of fused-ring (bicyclic) bond motifs is 1. The summed E-state index contributed by atoms with van der Waals surface area (Å²) in [7, 11) is 0. The van der Waals surface area contributed by atoms with Crippen LogP contribution in [0, 0.1) is 6.92 Å². The molecule has 0 unspecified atom stereocenters. The smallest absolute Gasteiger partial charge is 0.235 e. The van der Waals surface area contributed by atoms with Crippen molar-refractivity contribution in [1.29, 1.82) is 0 Å². The van der Waals surface area contributed by atoms with Crippen molar-refractivity contribution in [2.75, 3.05) is 0 Å². The van der Waals surface area contributed by atoms with Gasteiger partial charge in [0.05, 0.1) is 16.7 Å². The van der Waals surface area contributed by atoms with Crippen LogP contribution in [0.1, 0.15) is 16.5 Å². The van der Waals surface area contributed by atoms with Crippen LogP contribution in [0.3, 0.4) is 0 Å². The molecule has 0 aliphatic rings. The van der Waals surface area contributed by atoms with Crippen molar-refractivity contribution in [1.82, 2.24) is 9.97 Å². The molecule has 0 saturated heterocycles. The molecule has 0 aliphatic heterocycles. The molecule has 0 radical (unpaired) electrons. The van der Waals surface area contributed by atoms with Crippen molar-refractivity contribution >= 4 is 28.7 Å². The number of primary amides is 1. The van der Waals surface area contributed by atoms with Gasteiger partial charge in [0.25, 0.3) is 0 Å². The van der Waals surface area contributed by atoms with E-state index < -0.39 is 5.25 Å². The molecular formula is C17H15N3OS. The molecule has 1 aromatic heterocycles. The predicted octanol–water partition coefficient (Wildman–Crippen LogP) is 3.26. The van der Waals surface area contributed by atoms with Gasteiger partial charge >= 0.3 is 0 Å². The number of aromatic nitrogens is 2. The van der Waals surface area contributed by atoms with Gasteiger partial charge in [0.2, 0.25) is 5.91 Å². The predicted molar refractivity (Wildman–Crippen MR) is 88.5 cm³/mol. The zero-order valence-corrected chi connectivity index (χ0v) is 12.9. The Hall–Kier alpha value is -2.40. The minimum Gasteiger partial charge on any atom is -0.368 e. The molecule has 0 aliphatic carbocycles. The van der Waals surface area contributed by atoms with Crippen molar-refractivity contribution in [3.05, 3.63) is 65.9 Å². The molecule has 2 aromatic carbocycles. The molecule has 3 rings (SSSR count). The molecule has 0 fully saturated rings. The Morgan fingerprint density at radius 2 is 1.59 bits per heavy atom. The normalized spacial score (nSPS) is 12.2. The van der Waals surface area contributed by atoms with E-state index in [4.69, 9.17) is 5.73 Å². The lowest BCUT2D eigenvalue weighted by Gasteiger charge is -2.14. The number of hydrogen-bond acceptors (Lipinski definition) is 4. The lowest BCUT2D eigenvalue weighted by molar-refractivity contribution is -0.117. The monoisotopic (exact) mass is 309 g/mol. The lowest BCUT2D eigenvalue weighted by Crippen LogP contribution is -2.19. The topological polar surface area (TPSA) is 68.9 Å². The number of thioether (sulfide) groups is 1. The number of aryl methyl sites for hydroxylation is 1. The van der Waals surface area contributed by atoms with E-state index in [1.54, 1.807) is 0 Å². The number of rotatable bonds is 4. The van der Waals surface area contributed by atoms with Crippen LogP contribution in [0.4, 0.5) is 0 Å². The number of nitrogens with two attached hydrogens (primary N) is 1. The third-order valence-electron chi connectivity index (χ3n) is 3.29. The average molecular weight is 309 g/mol. The van der Waals surface area contributed by atoms with Crippen LogP contribution in [0.2, 0.25) is 0 Å². The van der Waals surface area contributed by atoms with Crippen LogP contribution in [0.15, 0.2) is 59.6 Å². The average Bonchev–Trinajstić information content (AvgIpc) is 2.53. The molecule has 2 N–H and O–H groups in total. The Balaban J connectivity index is 2.00. The van der Waals surface area contributed by atoms with Gasteiger partial charge in [-0.2, -0.15) is 0 Å². The van der Waals surface area contributed by atoms with Gasteiger partial charge in [-0.3, -0.25) is 4.79 Å². The first-order valence-electron chi connectivity index (χ1n) is 6.89. The minimum atomic E-state index is -0.477. The zero-order chi connectivity index (χ0) is 15.5. The number of hydrogen-bond donors (Lipinski definition) is 1. The number of amides is 1. The summed E-state index contributed by atoms with van der Waals surface area (Å²) in [6, 6.07) is 17.2. The Labute approximate surface area is 132 Å². The third kappa shape index (κ3) is 2.94. The number of carbonyl (C=O) groups is 1. The van der Waals surface area contributed by atoms with Gasteiger partial charge in [-0.05, 0) is 24.6 Å². The van der Waals surface area contributed by atoms with Crippen LogP contribution < -0.4 is 5.73 Å². The molecule has 110 valence electrons. The van der Waals surface area contributed by atoms with E-state index in [0.29, 0.717) is 0 Å². The summed E-state index contributed by atoms with van der Waals surface area (Å²) in [5.74, 6) is -0.384. The van der Waals surface area contributed by atoms with Crippen molar-refractivity contribution in [3.63, 3.8) is 0 Å². The van der Waals surface area contributed by atoms with E-state index in [0.717, 1.165) is 27.3 Å². The Kier molecular flexibility index (Phi) is 4.06. The minimum absolute atomic E-state index is 0.384. The van der Waals surface area contributed by atoms with E-state index >= 15 is 0 Å². The van der Waals surface area contributed by atoms with E-state index in [2.05, 4.69) is 9.97 Å². The molecule has 3 aromatic rings. The standard InChI is InChI=1S/C17H15N3OS/c1-11-17(20-14-10-6-5-9-13(14)19-11)22-15(16(18)21)12-7-3-2-4-8-12/h2-10,15H,1H3,(H2,18,21)/t15-/m1/s1. The second-order valence-corrected chi connectivity index (χ2v) is 6.01. The lowest BCUT2D eigenvalue weighted by atomic mass is 10.1. The number of para-hydroxylation sites is 2. The van der Waals surface area contributed by atoms with Crippen molar-refractivity contribution in [2.24, 2.45) is 5.73 Å². The molecule has 1 amide bonds. The van der Waals surface area contributed by atoms with Gasteiger partial charge in [-0.25, -0.2) is 9.97 Å². The third-order valence-corrected chi connectivity index (χ3v) is 4.64. The van der Waals surface area contributed by atoms with Gasteiger partial charge in [0.15, 0.2) is 0 Å². The molecule has 5 heteroatoms. The zero-order valence-electron chi connectivity index (χ0n) is 12.1. The van der Waals surface area contributed by atoms with E-state index in [1.165, 1.54) is 11.8 Å². The maximum Gasteiger partial charge on any atom is 0.235 e. The van der Waals surface area contributed by atoms with Gasteiger partial charge in [-0.15, -0.1) is 0 Å². The summed E-state index contributed by atoms with van der Waals surface area (Å²) >= 11 is 1.34. The summed E-state index contributed by atoms with van der Waals surface area (Å²) in [6.07, 6.45) is 0. The largest absolute Gasteiger partial charge is 0.368 e. The van der Waals surface area contributed by atoms with Crippen LogP contribution in [0.5, 0.6) is 0 Å². The molecule has 4 nitrogen and oxygen atoms in total. The first-order chi connectivity index (χ1) is 10.6. The molecule has 1 atom stereocenters. The highest BCUT2D eigenvalue weighted by molar-refractivity contribution is 8.00. The molecule has 0 spiro atoms. The van der Waals surface area contributed by atoms with E-state index in [9.17, 15) is 4.79 Å². The van der Waals surface area contributed by atoms with Crippen molar-refractivity contribution in [2.45, 2.75) is 17.2 Å².